The summed E-state index contributed by atoms with van der Waals surface area (Å²) in [4.78, 5) is 30.9. The van der Waals surface area contributed by atoms with Gasteiger partial charge in [-0.3, -0.25) is 4.79 Å². The van der Waals surface area contributed by atoms with E-state index in [0.717, 1.165) is 11.1 Å². The van der Waals surface area contributed by atoms with Gasteiger partial charge in [0.1, 0.15) is 17.4 Å². The topological polar surface area (TPSA) is 118 Å². The number of aliphatic hydroxyl groups is 1. The molecule has 1 aliphatic heterocycles. The molecule has 1 aromatic carbocycles. The number of hydrogen-bond donors (Lipinski definition) is 2. The first-order valence-electron chi connectivity index (χ1n) is 9.15. The first kappa shape index (κ1) is 18.8. The van der Waals surface area contributed by atoms with Crippen LogP contribution in [0.1, 0.15) is 23.2 Å². The van der Waals surface area contributed by atoms with Crippen LogP contribution in [0.5, 0.6) is 0 Å². The Hall–Kier alpha value is -3.57. The molecule has 0 aliphatic carbocycles. The van der Waals surface area contributed by atoms with Crippen LogP contribution >= 0.6 is 0 Å². The van der Waals surface area contributed by atoms with E-state index in [0.29, 0.717) is 46.9 Å². The molecule has 4 rings (SSSR count). The first-order valence-corrected chi connectivity index (χ1v) is 9.15. The fourth-order valence-corrected chi connectivity index (χ4v) is 3.32. The Morgan fingerprint density at radius 1 is 1.21 bits per heavy atom. The summed E-state index contributed by atoms with van der Waals surface area (Å²) in [7, 11) is 1.65. The minimum absolute atomic E-state index is 0.292. The molecule has 0 radical (unpaired) electrons. The van der Waals surface area contributed by atoms with Crippen molar-refractivity contribution in [2.75, 3.05) is 19.3 Å². The molecule has 1 unspecified atom stereocenters. The Morgan fingerprint density at radius 2 is 2.00 bits per heavy atom. The second-order valence-corrected chi connectivity index (χ2v) is 7.21. The molecule has 3 heterocycles. The van der Waals surface area contributed by atoms with Gasteiger partial charge in [0, 0.05) is 31.1 Å². The minimum Gasteiger partial charge on any atom is -0.382 e. The Labute approximate surface area is 167 Å². The lowest BCUT2D eigenvalue weighted by Crippen LogP contribution is -2.37. The van der Waals surface area contributed by atoms with Crippen molar-refractivity contribution in [1.82, 2.24) is 24.8 Å². The molecule has 1 atom stereocenters. The maximum absolute atomic E-state index is 12.1. The maximum atomic E-state index is 12.1. The number of likely N-dealkylation sites (tertiary alicyclic amines) is 1. The summed E-state index contributed by atoms with van der Waals surface area (Å²) >= 11 is 0. The second-order valence-electron chi connectivity index (χ2n) is 7.21. The summed E-state index contributed by atoms with van der Waals surface area (Å²) < 4.78 is 0. The number of nitrogen functional groups attached to an aromatic ring is 1. The first-order chi connectivity index (χ1) is 13.8. The van der Waals surface area contributed by atoms with Gasteiger partial charge in [0.05, 0.1) is 5.69 Å². The van der Waals surface area contributed by atoms with Gasteiger partial charge in [-0.25, -0.2) is 19.9 Å². The lowest BCUT2D eigenvalue weighted by atomic mass is 10.0. The standard InChI is InChI=1S/C21H20N6O2/c1-12-4-5-14(6-7-21(29)8-9-27(3)20(21)28)10-15(12)19-25-13(2)16-17(26-19)18(22)24-11-23-16/h4-5,10-11,29H,8-9H2,1-3H3,(H2,22,23,24). The number of aryl methyl sites for hydroxylation is 2. The second kappa shape index (κ2) is 6.79. The number of benzene rings is 1. The number of likely N-dealkylation sites (N-methyl/N-ethyl adjacent to an activating group) is 1. The molecule has 3 N–H and O–H groups in total. The summed E-state index contributed by atoms with van der Waals surface area (Å²) in [6, 6.07) is 5.58. The molecule has 1 aliphatic rings. The molecule has 1 saturated heterocycles. The molecule has 2 aromatic heterocycles. The van der Waals surface area contributed by atoms with Crippen LogP contribution in [0.15, 0.2) is 24.5 Å². The smallest absolute Gasteiger partial charge is 0.267 e. The van der Waals surface area contributed by atoms with E-state index < -0.39 is 5.60 Å². The molecule has 0 spiro atoms. The number of anilines is 1. The summed E-state index contributed by atoms with van der Waals surface area (Å²) in [5.74, 6) is 6.08. The van der Waals surface area contributed by atoms with E-state index in [2.05, 4.69) is 31.8 Å². The Kier molecular flexibility index (Phi) is 4.40. The van der Waals surface area contributed by atoms with Gasteiger partial charge in [0.2, 0.25) is 5.60 Å². The zero-order chi connectivity index (χ0) is 20.8. The number of rotatable bonds is 1. The molecule has 1 amide bonds. The third-order valence-electron chi connectivity index (χ3n) is 5.09. The molecule has 0 bridgehead atoms. The van der Waals surface area contributed by atoms with Crippen molar-refractivity contribution in [3.8, 4) is 23.2 Å². The zero-order valence-electron chi connectivity index (χ0n) is 16.4. The lowest BCUT2D eigenvalue weighted by Gasteiger charge is -2.13. The Morgan fingerprint density at radius 3 is 2.72 bits per heavy atom. The van der Waals surface area contributed by atoms with Crippen LogP contribution in [0, 0.1) is 25.7 Å². The van der Waals surface area contributed by atoms with Crippen molar-refractivity contribution < 1.29 is 9.90 Å². The summed E-state index contributed by atoms with van der Waals surface area (Å²) in [5, 5.41) is 10.5. The van der Waals surface area contributed by atoms with E-state index in [1.807, 2.05) is 32.0 Å². The highest BCUT2D eigenvalue weighted by atomic mass is 16.3. The van der Waals surface area contributed by atoms with Crippen molar-refractivity contribution >= 4 is 22.8 Å². The van der Waals surface area contributed by atoms with Gasteiger partial charge in [-0.15, -0.1) is 0 Å². The van der Waals surface area contributed by atoms with Crippen LogP contribution < -0.4 is 5.73 Å². The fraction of sp³-hybridized carbons (Fsp3) is 0.286. The van der Waals surface area contributed by atoms with Crippen molar-refractivity contribution in [2.24, 2.45) is 0 Å². The Balaban J connectivity index is 1.78. The number of amides is 1. The molecule has 1 fully saturated rings. The highest BCUT2D eigenvalue weighted by molar-refractivity contribution is 5.90. The monoisotopic (exact) mass is 388 g/mol. The largest absolute Gasteiger partial charge is 0.382 e. The third-order valence-corrected chi connectivity index (χ3v) is 5.09. The average Bonchev–Trinajstić information content (AvgIpc) is 2.96. The predicted molar refractivity (Wildman–Crippen MR) is 109 cm³/mol. The van der Waals surface area contributed by atoms with Crippen LogP contribution in [0.3, 0.4) is 0 Å². The van der Waals surface area contributed by atoms with Crippen molar-refractivity contribution in [2.45, 2.75) is 25.9 Å². The van der Waals surface area contributed by atoms with E-state index in [1.165, 1.54) is 11.2 Å². The molecule has 0 saturated carbocycles. The van der Waals surface area contributed by atoms with Crippen molar-refractivity contribution in [3.63, 3.8) is 0 Å². The van der Waals surface area contributed by atoms with E-state index in [4.69, 9.17) is 5.73 Å². The van der Waals surface area contributed by atoms with Crippen LogP contribution in [0.4, 0.5) is 5.82 Å². The van der Waals surface area contributed by atoms with Crippen LogP contribution in [-0.2, 0) is 4.79 Å². The molecular weight excluding hydrogens is 368 g/mol. The quantitative estimate of drug-likeness (QED) is 0.602. The molecule has 8 nitrogen and oxygen atoms in total. The number of nitrogens with two attached hydrogens (primary N) is 1. The molecular formula is C21H20N6O2. The molecule has 146 valence electrons. The summed E-state index contributed by atoms with van der Waals surface area (Å²) in [5.41, 5.74) is 8.54. The van der Waals surface area contributed by atoms with Gasteiger partial charge in [-0.1, -0.05) is 17.9 Å². The zero-order valence-corrected chi connectivity index (χ0v) is 16.4. The van der Waals surface area contributed by atoms with Gasteiger partial charge < -0.3 is 15.7 Å². The van der Waals surface area contributed by atoms with Gasteiger partial charge in [0.25, 0.3) is 5.91 Å². The predicted octanol–water partition coefficient (Wildman–Crippen LogP) is 1.23. The SMILES string of the molecule is Cc1ccc(C#CC2(O)CCN(C)C2=O)cc1-c1nc(C)c2ncnc(N)c2n1. The molecule has 8 heteroatoms. The average molecular weight is 388 g/mol. The van der Waals surface area contributed by atoms with E-state index >= 15 is 0 Å². The number of aromatic nitrogens is 4. The van der Waals surface area contributed by atoms with Crippen LogP contribution in [0.2, 0.25) is 0 Å². The number of hydrogen-bond acceptors (Lipinski definition) is 7. The maximum Gasteiger partial charge on any atom is 0.267 e. The van der Waals surface area contributed by atoms with Crippen LogP contribution in [-0.4, -0.2) is 55.0 Å². The van der Waals surface area contributed by atoms with Gasteiger partial charge in [-0.05, 0) is 31.5 Å². The highest BCUT2D eigenvalue weighted by Gasteiger charge is 2.42. The molecule has 3 aromatic rings. The van der Waals surface area contributed by atoms with Gasteiger partial charge in [0.15, 0.2) is 11.6 Å². The fourth-order valence-electron chi connectivity index (χ4n) is 3.32. The summed E-state index contributed by atoms with van der Waals surface area (Å²) in [6.07, 6.45) is 1.68. The molecule has 29 heavy (non-hydrogen) atoms. The summed E-state index contributed by atoms with van der Waals surface area (Å²) in [6.45, 7) is 4.27. The number of carbonyl (C=O) groups is 1. The number of nitrogens with zero attached hydrogens (tertiary/aromatic N) is 5. The Bertz CT molecular complexity index is 1210. The van der Waals surface area contributed by atoms with Gasteiger partial charge in [-0.2, -0.15) is 0 Å². The third kappa shape index (κ3) is 3.26. The lowest BCUT2D eigenvalue weighted by molar-refractivity contribution is -0.137. The number of fused-ring (bicyclic) bond motifs is 1. The van der Waals surface area contributed by atoms with E-state index in [1.54, 1.807) is 7.05 Å². The van der Waals surface area contributed by atoms with Crippen molar-refractivity contribution in [1.29, 1.82) is 0 Å². The van der Waals surface area contributed by atoms with E-state index in [-0.39, 0.29) is 5.91 Å². The van der Waals surface area contributed by atoms with Crippen molar-refractivity contribution in [3.05, 3.63) is 41.3 Å². The normalized spacial score (nSPS) is 18.8. The van der Waals surface area contributed by atoms with E-state index in [9.17, 15) is 9.90 Å². The minimum atomic E-state index is -1.64. The highest BCUT2D eigenvalue weighted by Crippen LogP contribution is 2.26. The van der Waals surface area contributed by atoms with Crippen LogP contribution in [0.25, 0.3) is 22.4 Å². The van der Waals surface area contributed by atoms with Gasteiger partial charge >= 0.3 is 0 Å². The number of carbonyl (C=O) groups excluding carboxylic acids is 1.